The summed E-state index contributed by atoms with van der Waals surface area (Å²) in [6.07, 6.45) is 9.05. The number of aliphatic hydroxyl groups is 1. The third kappa shape index (κ3) is 9.41. The van der Waals surface area contributed by atoms with Gasteiger partial charge in [0, 0.05) is 0 Å². The topological polar surface area (TPSA) is 20.2 Å². The van der Waals surface area contributed by atoms with Crippen molar-refractivity contribution in [1.29, 1.82) is 0 Å². The highest BCUT2D eigenvalue weighted by Gasteiger charge is 2.14. The van der Waals surface area contributed by atoms with Crippen LogP contribution in [0.25, 0.3) is 0 Å². The normalized spacial score (nSPS) is 16.4. The lowest BCUT2D eigenvalue weighted by Gasteiger charge is -2.20. The molecule has 1 nitrogen and oxygen atoms in total. The van der Waals surface area contributed by atoms with E-state index < -0.39 is 0 Å². The lowest BCUT2D eigenvalue weighted by molar-refractivity contribution is 0.0963. The average molecular weight is 240 g/mol. The summed E-state index contributed by atoms with van der Waals surface area (Å²) in [6, 6.07) is 0. The molecule has 0 aliphatic rings. The minimum Gasteiger partial charge on any atom is -0.393 e. The lowest BCUT2D eigenvalue weighted by Crippen LogP contribution is -2.18. The first kappa shape index (κ1) is 16.7. The number of aliphatic hydroxyl groups excluding tert-OH is 1. The minimum absolute atomic E-state index is 0.111. The van der Waals surface area contributed by atoms with Gasteiger partial charge in [-0.3, -0.25) is 0 Å². The van der Waals surface area contributed by atoms with Gasteiger partial charge >= 0.3 is 0 Å². The minimum atomic E-state index is -0.111. The van der Waals surface area contributed by atoms with E-state index in [1.54, 1.807) is 0 Å². The predicted octanol–water partition coefficient (Wildman–Crippen LogP) is 4.95. The molecule has 0 amide bonds. The maximum atomic E-state index is 10.1. The van der Waals surface area contributed by atoms with E-state index >= 15 is 0 Å². The Labute approximate surface area is 108 Å². The molecule has 0 saturated carbocycles. The number of allylic oxidation sites excluding steroid dienone is 2. The van der Waals surface area contributed by atoms with Gasteiger partial charge in [-0.05, 0) is 51.4 Å². The molecule has 1 heteroatoms. The van der Waals surface area contributed by atoms with Crippen molar-refractivity contribution in [3.05, 3.63) is 11.6 Å². The van der Waals surface area contributed by atoms with Gasteiger partial charge in [-0.1, -0.05) is 45.3 Å². The van der Waals surface area contributed by atoms with E-state index in [-0.39, 0.29) is 6.10 Å². The van der Waals surface area contributed by atoms with Crippen molar-refractivity contribution in [2.24, 2.45) is 11.8 Å². The Morgan fingerprint density at radius 1 is 1.06 bits per heavy atom. The molecule has 17 heavy (non-hydrogen) atoms. The molecule has 0 rings (SSSR count). The quantitative estimate of drug-likeness (QED) is 0.566. The van der Waals surface area contributed by atoms with E-state index in [1.165, 1.54) is 24.8 Å². The molecule has 1 N–H and O–H groups in total. The van der Waals surface area contributed by atoms with Crippen LogP contribution >= 0.6 is 0 Å². The summed E-state index contributed by atoms with van der Waals surface area (Å²) in [5.41, 5.74) is 1.38. The predicted molar refractivity (Wildman–Crippen MR) is 77.1 cm³/mol. The Bertz CT molecular complexity index is 204. The summed E-state index contributed by atoms with van der Waals surface area (Å²) in [6.45, 7) is 11.0. The molecule has 0 aromatic carbocycles. The molecule has 0 aliphatic heterocycles. The zero-order valence-electron chi connectivity index (χ0n) is 12.5. The van der Waals surface area contributed by atoms with E-state index in [2.05, 4.69) is 40.7 Å². The smallest absolute Gasteiger partial charge is 0.0566 e. The Kier molecular flexibility index (Phi) is 9.53. The van der Waals surface area contributed by atoms with Crippen molar-refractivity contribution in [3.8, 4) is 0 Å². The van der Waals surface area contributed by atoms with Crippen LogP contribution in [0, 0.1) is 11.8 Å². The molecule has 0 aliphatic carbocycles. The Hall–Kier alpha value is -0.300. The molecule has 0 saturated heterocycles. The van der Waals surface area contributed by atoms with Gasteiger partial charge in [0.15, 0.2) is 0 Å². The van der Waals surface area contributed by atoms with Crippen molar-refractivity contribution in [1.82, 2.24) is 0 Å². The summed E-state index contributed by atoms with van der Waals surface area (Å²) in [5, 5.41) is 10.1. The SMILES string of the molecule is CCCC(C)CCC(O)C(C)CCC=C(C)C. The fourth-order valence-electron chi connectivity index (χ4n) is 2.20. The van der Waals surface area contributed by atoms with Gasteiger partial charge in [-0.15, -0.1) is 0 Å². The highest BCUT2D eigenvalue weighted by Crippen LogP contribution is 2.20. The Balaban J connectivity index is 3.73. The second-order valence-electron chi connectivity index (χ2n) is 5.87. The first-order valence-electron chi connectivity index (χ1n) is 7.28. The van der Waals surface area contributed by atoms with E-state index in [0.717, 1.165) is 25.2 Å². The Morgan fingerprint density at radius 2 is 1.71 bits per heavy atom. The van der Waals surface area contributed by atoms with Crippen LogP contribution in [0.5, 0.6) is 0 Å². The van der Waals surface area contributed by atoms with Crippen LogP contribution in [0.4, 0.5) is 0 Å². The summed E-state index contributed by atoms with van der Waals surface area (Å²) in [7, 11) is 0. The van der Waals surface area contributed by atoms with Crippen molar-refractivity contribution < 1.29 is 5.11 Å². The number of hydrogen-bond donors (Lipinski definition) is 1. The summed E-state index contributed by atoms with van der Waals surface area (Å²) < 4.78 is 0. The lowest BCUT2D eigenvalue weighted by atomic mass is 9.91. The molecule has 0 fully saturated rings. The third-order valence-electron chi connectivity index (χ3n) is 3.57. The van der Waals surface area contributed by atoms with Crippen LogP contribution in [0.3, 0.4) is 0 Å². The largest absolute Gasteiger partial charge is 0.393 e. The molecule has 0 aromatic heterocycles. The van der Waals surface area contributed by atoms with Crippen LogP contribution in [-0.2, 0) is 0 Å². The molecular formula is C16H32O. The number of hydrogen-bond acceptors (Lipinski definition) is 1. The molecule has 0 radical (unpaired) electrons. The molecule has 3 atom stereocenters. The summed E-state index contributed by atoms with van der Waals surface area (Å²) in [5.74, 6) is 1.19. The van der Waals surface area contributed by atoms with E-state index in [1.807, 2.05) is 0 Å². The van der Waals surface area contributed by atoms with Crippen molar-refractivity contribution in [3.63, 3.8) is 0 Å². The first-order chi connectivity index (χ1) is 7.97. The first-order valence-corrected chi connectivity index (χ1v) is 7.28. The number of rotatable bonds is 9. The van der Waals surface area contributed by atoms with Crippen LogP contribution in [0.15, 0.2) is 11.6 Å². The zero-order chi connectivity index (χ0) is 13.3. The van der Waals surface area contributed by atoms with Gasteiger partial charge in [0.05, 0.1) is 6.10 Å². The third-order valence-corrected chi connectivity index (χ3v) is 3.57. The average Bonchev–Trinajstić information content (AvgIpc) is 2.25. The standard InChI is InChI=1S/C16H32O/c1-6-8-14(4)11-12-16(17)15(5)10-7-9-13(2)3/h9,14-17H,6-8,10-12H2,1-5H3. The van der Waals surface area contributed by atoms with Gasteiger partial charge in [0.2, 0.25) is 0 Å². The fourth-order valence-corrected chi connectivity index (χ4v) is 2.20. The van der Waals surface area contributed by atoms with Crippen LogP contribution in [0.1, 0.15) is 73.1 Å². The molecule has 102 valence electrons. The van der Waals surface area contributed by atoms with E-state index in [9.17, 15) is 5.11 Å². The highest BCUT2D eigenvalue weighted by molar-refractivity contribution is 4.93. The molecule has 0 aromatic rings. The maximum absolute atomic E-state index is 10.1. The van der Waals surface area contributed by atoms with Gasteiger partial charge in [0.25, 0.3) is 0 Å². The van der Waals surface area contributed by atoms with E-state index in [0.29, 0.717) is 5.92 Å². The molecule has 0 spiro atoms. The van der Waals surface area contributed by atoms with Crippen LogP contribution in [0.2, 0.25) is 0 Å². The highest BCUT2D eigenvalue weighted by atomic mass is 16.3. The maximum Gasteiger partial charge on any atom is 0.0566 e. The molecule has 3 unspecified atom stereocenters. The fraction of sp³-hybridized carbons (Fsp3) is 0.875. The molecule has 0 bridgehead atoms. The van der Waals surface area contributed by atoms with Crippen molar-refractivity contribution >= 4 is 0 Å². The van der Waals surface area contributed by atoms with E-state index in [4.69, 9.17) is 0 Å². The Morgan fingerprint density at radius 3 is 2.24 bits per heavy atom. The van der Waals surface area contributed by atoms with Gasteiger partial charge < -0.3 is 5.11 Å². The van der Waals surface area contributed by atoms with Gasteiger partial charge in [-0.25, -0.2) is 0 Å². The molecule has 0 heterocycles. The van der Waals surface area contributed by atoms with Crippen molar-refractivity contribution in [2.75, 3.05) is 0 Å². The monoisotopic (exact) mass is 240 g/mol. The second-order valence-corrected chi connectivity index (χ2v) is 5.87. The van der Waals surface area contributed by atoms with Crippen molar-refractivity contribution in [2.45, 2.75) is 79.2 Å². The summed E-state index contributed by atoms with van der Waals surface area (Å²) >= 11 is 0. The zero-order valence-corrected chi connectivity index (χ0v) is 12.5. The van der Waals surface area contributed by atoms with Crippen LogP contribution < -0.4 is 0 Å². The molecular weight excluding hydrogens is 208 g/mol. The second kappa shape index (κ2) is 9.70. The summed E-state index contributed by atoms with van der Waals surface area (Å²) in [4.78, 5) is 0. The van der Waals surface area contributed by atoms with Crippen LogP contribution in [-0.4, -0.2) is 11.2 Å². The van der Waals surface area contributed by atoms with Gasteiger partial charge in [0.1, 0.15) is 0 Å². The van der Waals surface area contributed by atoms with Gasteiger partial charge in [-0.2, -0.15) is 0 Å².